The van der Waals surface area contributed by atoms with Crippen LogP contribution in [0.4, 0.5) is 26.3 Å². The molecule has 0 saturated carbocycles. The monoisotopic (exact) mass is 637 g/mol. The Bertz CT molecular complexity index is 1140. The number of amides is 1. The van der Waals surface area contributed by atoms with Gasteiger partial charge in [0.25, 0.3) is 0 Å². The molecule has 2 rings (SSSR count). The Morgan fingerprint density at radius 1 is 1.03 bits per heavy atom. The van der Waals surface area contributed by atoms with Crippen LogP contribution in [0.2, 0.25) is 15.1 Å². The second-order valence-electron chi connectivity index (χ2n) is 7.70. The van der Waals surface area contributed by atoms with Crippen molar-refractivity contribution >= 4 is 68.5 Å². The summed E-state index contributed by atoms with van der Waals surface area (Å²) in [5, 5.41) is -0.326. The molecule has 2 aromatic rings. The summed E-state index contributed by atoms with van der Waals surface area (Å²) in [7, 11) is 1.20. The molecule has 0 fully saturated rings. The number of nitrogens with zero attached hydrogens (tertiary/aromatic N) is 1. The zero-order chi connectivity index (χ0) is 27.4. The highest BCUT2D eigenvalue weighted by atomic mass is 79.9. The average Bonchev–Trinajstić information content (AvgIpc) is 2.74. The van der Waals surface area contributed by atoms with Crippen LogP contribution in [0.3, 0.4) is 0 Å². The highest BCUT2D eigenvalue weighted by molar-refractivity contribution is 9.10. The lowest BCUT2D eigenvalue weighted by molar-refractivity contribution is -0.148. The van der Waals surface area contributed by atoms with E-state index in [9.17, 15) is 35.9 Å². The highest BCUT2D eigenvalue weighted by Gasteiger charge is 2.39. The number of Topliss-reactive ketones (excluding diaryl/α,β-unsaturated/α-hetero) is 1. The smallest absolute Gasteiger partial charge is 0.338 e. The Morgan fingerprint density at radius 3 is 2.11 bits per heavy atom. The van der Waals surface area contributed by atoms with Crippen LogP contribution in [0.5, 0.6) is 0 Å². The summed E-state index contributed by atoms with van der Waals surface area (Å²) in [5.74, 6) is -3.47. The van der Waals surface area contributed by atoms with Gasteiger partial charge in [-0.3, -0.25) is 9.59 Å². The Hall–Kier alpha value is -1.75. The molecule has 0 saturated heterocycles. The molecule has 0 aliphatic rings. The largest absolute Gasteiger partial charge is 0.399 e. The van der Waals surface area contributed by atoms with Gasteiger partial charge >= 0.3 is 12.4 Å². The minimum atomic E-state index is -4.67. The van der Waals surface area contributed by atoms with Crippen molar-refractivity contribution in [1.29, 1.82) is 0 Å². The molecule has 1 atom stereocenters. The lowest BCUT2D eigenvalue weighted by Gasteiger charge is -2.18. The second kappa shape index (κ2) is 12.2. The van der Waals surface area contributed by atoms with Gasteiger partial charge in [-0.05, 0) is 35.4 Å². The molecule has 13 heteroatoms. The highest BCUT2D eigenvalue weighted by Crippen LogP contribution is 2.41. The van der Waals surface area contributed by atoms with Crippen molar-refractivity contribution in [2.75, 3.05) is 13.6 Å². The van der Waals surface area contributed by atoms with Gasteiger partial charge in [0.2, 0.25) is 5.91 Å². The Balaban J connectivity index is 2.19. The van der Waals surface area contributed by atoms with Gasteiger partial charge in [0.05, 0.1) is 34.0 Å². The second-order valence-corrected chi connectivity index (χ2v) is 9.75. The molecule has 0 N–H and O–H groups in total. The van der Waals surface area contributed by atoms with E-state index in [1.807, 2.05) is 0 Å². The minimum Gasteiger partial charge on any atom is -0.338 e. The van der Waals surface area contributed by atoms with Crippen molar-refractivity contribution in [3.63, 3.8) is 0 Å². The summed E-state index contributed by atoms with van der Waals surface area (Å²) >= 11 is 20.7. The number of alkyl halides is 6. The number of allylic oxidation sites excluding steroid dienone is 1. The predicted molar refractivity (Wildman–Crippen MR) is 131 cm³/mol. The third-order valence-corrected chi connectivity index (χ3v) is 6.77. The van der Waals surface area contributed by atoms with E-state index in [-0.39, 0.29) is 30.7 Å². The molecule has 0 spiro atoms. The number of carbonyl (C=O) groups is 2. The Morgan fingerprint density at radius 2 is 1.61 bits per heavy atom. The number of hydrogen-bond acceptors (Lipinski definition) is 2. The van der Waals surface area contributed by atoms with E-state index < -0.39 is 49.3 Å². The molecule has 0 aliphatic heterocycles. The topological polar surface area (TPSA) is 37.4 Å². The molecule has 0 heterocycles. The van der Waals surface area contributed by atoms with Gasteiger partial charge in [-0.2, -0.15) is 26.3 Å². The van der Waals surface area contributed by atoms with Crippen LogP contribution in [0.15, 0.2) is 40.9 Å². The predicted octanol–water partition coefficient (Wildman–Crippen LogP) is 8.75. The van der Waals surface area contributed by atoms with E-state index in [1.165, 1.54) is 31.3 Å². The lowest BCUT2D eigenvalue weighted by Crippen LogP contribution is -2.32. The van der Waals surface area contributed by atoms with E-state index in [2.05, 4.69) is 15.9 Å². The minimum absolute atomic E-state index is 0.0659. The van der Waals surface area contributed by atoms with Crippen LogP contribution in [-0.4, -0.2) is 42.5 Å². The van der Waals surface area contributed by atoms with Gasteiger partial charge in [-0.1, -0.05) is 69.0 Å². The maximum Gasteiger partial charge on any atom is 0.399 e. The van der Waals surface area contributed by atoms with E-state index in [1.54, 1.807) is 0 Å². The fraction of sp³-hybridized carbons (Fsp3) is 0.304. The molecule has 0 aromatic heterocycles. The summed E-state index contributed by atoms with van der Waals surface area (Å²) in [6.07, 6.45) is -9.17. The molecule has 196 valence electrons. The summed E-state index contributed by atoms with van der Waals surface area (Å²) in [6, 6.07) is 6.25. The Labute approximate surface area is 226 Å². The maximum atomic E-state index is 13.7. The van der Waals surface area contributed by atoms with Gasteiger partial charge < -0.3 is 4.90 Å². The van der Waals surface area contributed by atoms with Crippen molar-refractivity contribution in [2.45, 2.75) is 31.1 Å². The van der Waals surface area contributed by atoms with Crippen molar-refractivity contribution in [1.82, 2.24) is 4.90 Å². The summed E-state index contributed by atoms with van der Waals surface area (Å²) in [5.41, 5.74) is 0.196. The molecule has 3 nitrogen and oxygen atoms in total. The fourth-order valence-corrected chi connectivity index (χ4v) is 4.29. The first kappa shape index (κ1) is 30.5. The zero-order valence-electron chi connectivity index (χ0n) is 18.3. The molecule has 0 bridgehead atoms. The van der Waals surface area contributed by atoms with Gasteiger partial charge in [0.15, 0.2) is 5.78 Å². The standard InChI is InChI=1S/C23H17BrCl3F6NO2/c1-34(20(36)6-7-22(28,29)30)11-19(35)14-4-2-12(8-16(14)24)3-5-15(23(31,32)33)13-9-17(25)21(27)18(26)10-13/h2-5,8-10,15H,6-7,11H2,1H3/b5-3+. The van der Waals surface area contributed by atoms with Crippen LogP contribution in [0, 0.1) is 0 Å². The van der Waals surface area contributed by atoms with Gasteiger partial charge in [-0.15, -0.1) is 0 Å². The van der Waals surface area contributed by atoms with Crippen LogP contribution in [0.1, 0.15) is 40.2 Å². The van der Waals surface area contributed by atoms with E-state index in [0.717, 1.165) is 23.1 Å². The van der Waals surface area contributed by atoms with Crippen LogP contribution in [0.25, 0.3) is 6.08 Å². The molecule has 1 unspecified atom stereocenters. The number of benzene rings is 2. The molecule has 2 aromatic carbocycles. The summed E-state index contributed by atoms with van der Waals surface area (Å²) in [4.78, 5) is 25.2. The zero-order valence-corrected chi connectivity index (χ0v) is 22.1. The van der Waals surface area contributed by atoms with Crippen molar-refractivity contribution in [3.8, 4) is 0 Å². The third-order valence-electron chi connectivity index (χ3n) is 4.92. The maximum absolute atomic E-state index is 13.7. The lowest BCUT2D eigenvalue weighted by atomic mass is 9.96. The number of rotatable bonds is 8. The number of carbonyl (C=O) groups excluding carboxylic acids is 2. The number of hydrogen-bond donors (Lipinski definition) is 0. The average molecular weight is 640 g/mol. The van der Waals surface area contributed by atoms with Crippen LogP contribution < -0.4 is 0 Å². The number of halogens is 10. The normalized spacial score (nSPS) is 13.2. The van der Waals surface area contributed by atoms with Crippen molar-refractivity contribution in [3.05, 3.63) is 72.6 Å². The first-order valence-corrected chi connectivity index (χ1v) is 11.9. The fourth-order valence-electron chi connectivity index (χ4n) is 3.06. The van der Waals surface area contributed by atoms with Gasteiger partial charge in [0, 0.05) is 23.5 Å². The number of ketones is 1. The SMILES string of the molecule is CN(CC(=O)c1ccc(/C=C/C(c2cc(Cl)c(Cl)c(Cl)c2)C(F)(F)F)cc1Br)C(=O)CCC(F)(F)F. The molecule has 1 amide bonds. The molecular formula is C23H17BrCl3F6NO2. The molecular weight excluding hydrogens is 623 g/mol. The number of likely N-dealkylation sites (N-methyl/N-ethyl adjacent to an activating group) is 1. The van der Waals surface area contributed by atoms with E-state index in [4.69, 9.17) is 34.8 Å². The van der Waals surface area contributed by atoms with Gasteiger partial charge in [0.1, 0.15) is 0 Å². The van der Waals surface area contributed by atoms with Crippen molar-refractivity contribution in [2.24, 2.45) is 0 Å². The van der Waals surface area contributed by atoms with E-state index in [0.29, 0.717) is 5.56 Å². The quantitative estimate of drug-likeness (QED) is 0.165. The van der Waals surface area contributed by atoms with Gasteiger partial charge in [-0.25, -0.2) is 0 Å². The first-order chi connectivity index (χ1) is 16.5. The van der Waals surface area contributed by atoms with Crippen LogP contribution >= 0.6 is 50.7 Å². The van der Waals surface area contributed by atoms with Crippen molar-refractivity contribution < 1.29 is 35.9 Å². The summed E-state index contributed by atoms with van der Waals surface area (Å²) in [6.45, 7) is -0.474. The molecule has 0 aliphatic carbocycles. The summed E-state index contributed by atoms with van der Waals surface area (Å²) < 4.78 is 78.2. The van der Waals surface area contributed by atoms with E-state index >= 15 is 0 Å². The first-order valence-electron chi connectivity index (χ1n) is 10.0. The molecule has 36 heavy (non-hydrogen) atoms. The van der Waals surface area contributed by atoms with Crippen LogP contribution in [-0.2, 0) is 4.79 Å². The third kappa shape index (κ3) is 8.68. The Kier molecular flexibility index (Phi) is 10.3. The molecule has 0 radical (unpaired) electrons.